The van der Waals surface area contributed by atoms with Crippen LogP contribution < -0.4 is 15.4 Å². The molecule has 2 aromatic rings. The van der Waals surface area contributed by atoms with Crippen molar-refractivity contribution in [1.29, 1.82) is 0 Å². The summed E-state index contributed by atoms with van der Waals surface area (Å²) in [5.41, 5.74) is 1.98. The maximum absolute atomic E-state index is 13.1. The third-order valence-corrected chi connectivity index (χ3v) is 6.54. The highest BCUT2D eigenvalue weighted by atomic mass is 32.2. The number of sulfonamides is 1. The second-order valence-electron chi connectivity index (χ2n) is 5.58. The third-order valence-electron chi connectivity index (χ3n) is 3.68. The van der Waals surface area contributed by atoms with Gasteiger partial charge in [-0.3, -0.25) is 4.99 Å². The van der Waals surface area contributed by atoms with Gasteiger partial charge in [0.25, 0.3) is 0 Å². The number of nitrogens with one attached hydrogen (secondary N) is 3. The Morgan fingerprint density at radius 2 is 1.96 bits per heavy atom. The van der Waals surface area contributed by atoms with E-state index in [4.69, 9.17) is 0 Å². The van der Waals surface area contributed by atoms with Crippen molar-refractivity contribution in [2.45, 2.75) is 17.6 Å². The van der Waals surface area contributed by atoms with E-state index in [9.17, 15) is 12.8 Å². The van der Waals surface area contributed by atoms with E-state index in [1.165, 1.54) is 23.5 Å². The number of nitrogens with zero attached hydrogens (tertiary/aromatic N) is 1. The highest BCUT2D eigenvalue weighted by Gasteiger charge is 2.13. The summed E-state index contributed by atoms with van der Waals surface area (Å²) in [7, 11) is -1.80. The molecule has 26 heavy (non-hydrogen) atoms. The van der Waals surface area contributed by atoms with Crippen LogP contribution in [0, 0.1) is 12.7 Å². The molecule has 6 nitrogen and oxygen atoms in total. The Hall–Kier alpha value is -1.97. The number of aryl methyl sites for hydroxylation is 1. The van der Waals surface area contributed by atoms with Gasteiger partial charge >= 0.3 is 0 Å². The van der Waals surface area contributed by atoms with Crippen molar-refractivity contribution in [2.24, 2.45) is 4.99 Å². The number of rotatable bonds is 8. The molecular formula is C17H23FN4O2S2. The molecule has 0 spiro atoms. The predicted octanol–water partition coefficient (Wildman–Crippen LogP) is 1.88. The summed E-state index contributed by atoms with van der Waals surface area (Å²) in [5.74, 6) is 0.349. The minimum atomic E-state index is -3.45. The van der Waals surface area contributed by atoms with Crippen LogP contribution in [-0.4, -0.2) is 41.1 Å². The van der Waals surface area contributed by atoms with Gasteiger partial charge in [0.05, 0.1) is 0 Å². The standard InChI is InChI=1S/C17H23FN4O2S2/c1-13-12-15(18)6-5-14(13)7-8-20-17(19-2)21-9-10-22-26(23,24)16-4-3-11-25-16/h3-6,11-12,22H,7-10H2,1-2H3,(H2,19,20,21). The summed E-state index contributed by atoms with van der Waals surface area (Å²) < 4.78 is 39.9. The van der Waals surface area contributed by atoms with Crippen LogP contribution in [0.4, 0.5) is 4.39 Å². The van der Waals surface area contributed by atoms with Gasteiger partial charge in [-0.05, 0) is 48.1 Å². The summed E-state index contributed by atoms with van der Waals surface area (Å²) >= 11 is 1.18. The Balaban J connectivity index is 1.71. The molecule has 1 aromatic heterocycles. The van der Waals surface area contributed by atoms with E-state index in [1.807, 2.05) is 6.92 Å². The molecule has 0 saturated heterocycles. The molecule has 0 fully saturated rings. The van der Waals surface area contributed by atoms with Crippen LogP contribution in [0.2, 0.25) is 0 Å². The average Bonchev–Trinajstić information content (AvgIpc) is 3.14. The van der Waals surface area contributed by atoms with Crippen molar-refractivity contribution >= 4 is 27.3 Å². The fourth-order valence-corrected chi connectivity index (χ4v) is 4.40. The van der Waals surface area contributed by atoms with Crippen LogP contribution in [0.15, 0.2) is 44.9 Å². The summed E-state index contributed by atoms with van der Waals surface area (Å²) in [6, 6.07) is 8.02. The van der Waals surface area contributed by atoms with E-state index >= 15 is 0 Å². The summed E-state index contributed by atoms with van der Waals surface area (Å²) in [6.45, 7) is 3.16. The van der Waals surface area contributed by atoms with Gasteiger partial charge in [0, 0.05) is 26.7 Å². The molecule has 9 heteroatoms. The van der Waals surface area contributed by atoms with Crippen molar-refractivity contribution < 1.29 is 12.8 Å². The molecule has 0 unspecified atom stereocenters. The minimum Gasteiger partial charge on any atom is -0.356 e. The largest absolute Gasteiger partial charge is 0.356 e. The third kappa shape index (κ3) is 6.08. The lowest BCUT2D eigenvalue weighted by molar-refractivity contribution is 0.582. The van der Waals surface area contributed by atoms with Crippen LogP contribution in [-0.2, 0) is 16.4 Å². The van der Waals surface area contributed by atoms with Gasteiger partial charge in [0.2, 0.25) is 10.0 Å². The molecule has 1 heterocycles. The SMILES string of the molecule is CN=C(NCCNS(=O)(=O)c1cccs1)NCCc1ccc(F)cc1C. The van der Waals surface area contributed by atoms with Crippen LogP contribution in [0.3, 0.4) is 0 Å². The molecule has 0 aliphatic rings. The monoisotopic (exact) mass is 398 g/mol. The highest BCUT2D eigenvalue weighted by molar-refractivity contribution is 7.91. The Morgan fingerprint density at radius 1 is 1.19 bits per heavy atom. The van der Waals surface area contributed by atoms with Crippen molar-refractivity contribution in [2.75, 3.05) is 26.7 Å². The molecule has 0 aliphatic carbocycles. The summed E-state index contributed by atoms with van der Waals surface area (Å²) in [5, 5.41) is 7.93. The zero-order valence-electron chi connectivity index (χ0n) is 14.8. The fraction of sp³-hybridized carbons (Fsp3) is 0.353. The second-order valence-corrected chi connectivity index (χ2v) is 8.52. The molecule has 0 amide bonds. The van der Waals surface area contributed by atoms with Crippen molar-refractivity contribution in [3.8, 4) is 0 Å². The zero-order chi connectivity index (χ0) is 19.0. The van der Waals surface area contributed by atoms with E-state index in [-0.39, 0.29) is 12.4 Å². The van der Waals surface area contributed by atoms with Crippen LogP contribution in [0.5, 0.6) is 0 Å². The van der Waals surface area contributed by atoms with Gasteiger partial charge in [0.1, 0.15) is 10.0 Å². The Labute approximate surface area is 157 Å². The Kier molecular flexibility index (Phi) is 7.55. The first-order chi connectivity index (χ1) is 12.4. The first-order valence-electron chi connectivity index (χ1n) is 8.15. The average molecular weight is 399 g/mol. The van der Waals surface area contributed by atoms with Gasteiger partial charge in [-0.2, -0.15) is 0 Å². The van der Waals surface area contributed by atoms with E-state index < -0.39 is 10.0 Å². The first kappa shape index (κ1) is 20.3. The predicted molar refractivity (Wildman–Crippen MR) is 104 cm³/mol. The quantitative estimate of drug-likeness (QED) is 0.360. The van der Waals surface area contributed by atoms with E-state index in [1.54, 1.807) is 30.6 Å². The zero-order valence-corrected chi connectivity index (χ0v) is 16.4. The molecule has 0 saturated carbocycles. The fourth-order valence-electron chi connectivity index (χ4n) is 2.33. The van der Waals surface area contributed by atoms with Gasteiger partial charge in [-0.15, -0.1) is 11.3 Å². The molecule has 3 N–H and O–H groups in total. The molecule has 2 rings (SSSR count). The lowest BCUT2D eigenvalue weighted by Crippen LogP contribution is -2.42. The molecule has 0 aliphatic heterocycles. The minimum absolute atomic E-state index is 0.235. The van der Waals surface area contributed by atoms with E-state index in [0.717, 1.165) is 17.5 Å². The van der Waals surface area contributed by atoms with Crippen molar-refractivity contribution in [3.63, 3.8) is 0 Å². The molecule has 0 bridgehead atoms. The molecule has 0 atom stereocenters. The number of guanidine groups is 1. The first-order valence-corrected chi connectivity index (χ1v) is 10.5. The molecular weight excluding hydrogens is 375 g/mol. The highest BCUT2D eigenvalue weighted by Crippen LogP contribution is 2.14. The number of hydrogen-bond donors (Lipinski definition) is 3. The molecule has 142 valence electrons. The van der Waals surface area contributed by atoms with Gasteiger partial charge in [0.15, 0.2) is 5.96 Å². The van der Waals surface area contributed by atoms with Crippen molar-refractivity contribution in [1.82, 2.24) is 15.4 Å². The van der Waals surface area contributed by atoms with Crippen LogP contribution >= 0.6 is 11.3 Å². The lowest BCUT2D eigenvalue weighted by Gasteiger charge is -2.13. The summed E-state index contributed by atoms with van der Waals surface area (Å²) in [4.78, 5) is 4.10. The van der Waals surface area contributed by atoms with Gasteiger partial charge in [-0.1, -0.05) is 12.1 Å². The number of thiophene rings is 1. The Morgan fingerprint density at radius 3 is 2.62 bits per heavy atom. The van der Waals surface area contributed by atoms with Gasteiger partial charge < -0.3 is 10.6 Å². The number of halogens is 1. The smallest absolute Gasteiger partial charge is 0.250 e. The van der Waals surface area contributed by atoms with E-state index in [2.05, 4.69) is 20.3 Å². The number of hydrogen-bond acceptors (Lipinski definition) is 4. The Bertz CT molecular complexity index is 836. The molecule has 0 radical (unpaired) electrons. The lowest BCUT2D eigenvalue weighted by atomic mass is 10.1. The second kappa shape index (κ2) is 9.65. The maximum atomic E-state index is 13.1. The van der Waals surface area contributed by atoms with E-state index in [0.29, 0.717) is 23.3 Å². The van der Waals surface area contributed by atoms with Crippen LogP contribution in [0.25, 0.3) is 0 Å². The maximum Gasteiger partial charge on any atom is 0.250 e. The van der Waals surface area contributed by atoms with Crippen LogP contribution in [0.1, 0.15) is 11.1 Å². The van der Waals surface area contributed by atoms with Crippen molar-refractivity contribution in [3.05, 3.63) is 52.7 Å². The normalized spacial score (nSPS) is 12.2. The summed E-state index contributed by atoms with van der Waals surface area (Å²) in [6.07, 6.45) is 0.734. The topological polar surface area (TPSA) is 82.6 Å². The van der Waals surface area contributed by atoms with Gasteiger partial charge in [-0.25, -0.2) is 17.5 Å². The number of benzene rings is 1. The molecule has 1 aromatic carbocycles. The number of aliphatic imine (C=N–C) groups is 1.